The lowest BCUT2D eigenvalue weighted by atomic mass is 10.2. The second-order valence-electron chi connectivity index (χ2n) is 4.69. The summed E-state index contributed by atoms with van der Waals surface area (Å²) in [5, 5.41) is 2.04. The molecule has 0 atom stereocenters. The van der Waals surface area contributed by atoms with E-state index in [1.165, 1.54) is 24.3 Å². The minimum atomic E-state index is -3.28. The summed E-state index contributed by atoms with van der Waals surface area (Å²) in [6, 6.07) is 12.3. The first kappa shape index (κ1) is 15.3. The number of hydrogen-bond acceptors (Lipinski definition) is 5. The van der Waals surface area contributed by atoms with Gasteiger partial charge in [0, 0.05) is 21.6 Å². The summed E-state index contributed by atoms with van der Waals surface area (Å²) in [5.41, 5.74) is 0.701. The van der Waals surface area contributed by atoms with Gasteiger partial charge >= 0.3 is 0 Å². The zero-order valence-corrected chi connectivity index (χ0v) is 13.9. The summed E-state index contributed by atoms with van der Waals surface area (Å²) < 4.78 is 23.5. The van der Waals surface area contributed by atoms with Gasteiger partial charge in [-0.25, -0.2) is 18.4 Å². The second-order valence-corrected chi connectivity index (χ2v) is 8.20. The van der Waals surface area contributed by atoms with Crippen molar-refractivity contribution in [2.75, 3.05) is 6.26 Å². The van der Waals surface area contributed by atoms with Gasteiger partial charge in [0.1, 0.15) is 11.4 Å². The van der Waals surface area contributed by atoms with Crippen molar-refractivity contribution in [3.63, 3.8) is 0 Å². The smallest absolute Gasteiger partial charge is 0.175 e. The number of benzene rings is 2. The number of nitrogens with zero attached hydrogens (tertiary/aromatic N) is 2. The van der Waals surface area contributed by atoms with Crippen molar-refractivity contribution >= 4 is 44.1 Å². The minimum absolute atomic E-state index is 0.253. The maximum Gasteiger partial charge on any atom is 0.175 e. The van der Waals surface area contributed by atoms with E-state index >= 15 is 0 Å². The van der Waals surface area contributed by atoms with Gasteiger partial charge in [0.15, 0.2) is 9.84 Å². The molecule has 3 rings (SSSR count). The Bertz CT molecular complexity index is 959. The van der Waals surface area contributed by atoms with E-state index in [0.29, 0.717) is 21.0 Å². The molecule has 0 saturated carbocycles. The second kappa shape index (κ2) is 5.87. The molecule has 0 unspecified atom stereocenters. The van der Waals surface area contributed by atoms with E-state index in [1.54, 1.807) is 24.3 Å². The van der Waals surface area contributed by atoms with Crippen LogP contribution in [0.25, 0.3) is 10.9 Å². The molecule has 7 heteroatoms. The van der Waals surface area contributed by atoms with Gasteiger partial charge in [-0.1, -0.05) is 29.4 Å². The highest BCUT2D eigenvalue weighted by molar-refractivity contribution is 7.99. The van der Waals surface area contributed by atoms with Crippen LogP contribution in [-0.2, 0) is 9.84 Å². The van der Waals surface area contributed by atoms with Gasteiger partial charge in [-0.15, -0.1) is 0 Å². The lowest BCUT2D eigenvalue weighted by Gasteiger charge is -2.06. The molecule has 112 valence electrons. The average molecular weight is 351 g/mol. The van der Waals surface area contributed by atoms with E-state index in [4.69, 9.17) is 11.6 Å². The van der Waals surface area contributed by atoms with Crippen molar-refractivity contribution in [1.82, 2.24) is 9.97 Å². The molecule has 0 aliphatic rings. The van der Waals surface area contributed by atoms with Crippen molar-refractivity contribution < 1.29 is 8.42 Å². The molecule has 0 fully saturated rings. The third-order valence-electron chi connectivity index (χ3n) is 3.01. The Balaban J connectivity index is 2.13. The van der Waals surface area contributed by atoms with Gasteiger partial charge < -0.3 is 0 Å². The molecule has 1 heterocycles. The van der Waals surface area contributed by atoms with Crippen molar-refractivity contribution in [3.05, 3.63) is 53.8 Å². The summed E-state index contributed by atoms with van der Waals surface area (Å²) in [6.07, 6.45) is 2.65. The summed E-state index contributed by atoms with van der Waals surface area (Å²) >= 11 is 7.41. The monoisotopic (exact) mass is 350 g/mol. The van der Waals surface area contributed by atoms with E-state index in [2.05, 4.69) is 9.97 Å². The van der Waals surface area contributed by atoms with Crippen LogP contribution in [0, 0.1) is 0 Å². The van der Waals surface area contributed by atoms with Gasteiger partial charge in [-0.2, -0.15) is 0 Å². The lowest BCUT2D eigenvalue weighted by molar-refractivity contribution is 0.602. The van der Waals surface area contributed by atoms with Crippen molar-refractivity contribution in [2.24, 2.45) is 0 Å². The van der Waals surface area contributed by atoms with Gasteiger partial charge in [0.25, 0.3) is 0 Å². The highest BCUT2D eigenvalue weighted by Crippen LogP contribution is 2.33. The first-order chi connectivity index (χ1) is 10.4. The molecule has 2 aromatic carbocycles. The molecule has 22 heavy (non-hydrogen) atoms. The molecule has 0 bridgehead atoms. The summed E-state index contributed by atoms with van der Waals surface area (Å²) in [6.45, 7) is 0. The fourth-order valence-corrected chi connectivity index (χ4v) is 3.80. The molecular weight excluding hydrogens is 340 g/mol. The van der Waals surface area contributed by atoms with E-state index in [9.17, 15) is 8.42 Å². The maximum absolute atomic E-state index is 11.7. The average Bonchev–Trinajstić information content (AvgIpc) is 2.46. The van der Waals surface area contributed by atoms with Crippen LogP contribution in [0.1, 0.15) is 0 Å². The normalized spacial score (nSPS) is 11.7. The molecule has 1 aromatic heterocycles. The van der Waals surface area contributed by atoms with E-state index in [-0.39, 0.29) is 4.90 Å². The highest BCUT2D eigenvalue weighted by atomic mass is 35.5. The van der Waals surface area contributed by atoms with Gasteiger partial charge in [0.05, 0.1) is 10.4 Å². The number of halogens is 1. The Morgan fingerprint density at radius 2 is 1.91 bits per heavy atom. The maximum atomic E-state index is 11.7. The van der Waals surface area contributed by atoms with Crippen molar-refractivity contribution in [3.8, 4) is 0 Å². The minimum Gasteiger partial charge on any atom is -0.236 e. The molecule has 4 nitrogen and oxygen atoms in total. The first-order valence-corrected chi connectivity index (χ1v) is 9.40. The predicted octanol–water partition coefficient (Wildman–Crippen LogP) is 3.84. The Morgan fingerprint density at radius 1 is 1.09 bits per heavy atom. The fourth-order valence-electron chi connectivity index (χ4n) is 1.97. The van der Waals surface area contributed by atoms with E-state index in [0.717, 1.165) is 4.90 Å². The van der Waals surface area contributed by atoms with Crippen LogP contribution in [0.15, 0.2) is 63.6 Å². The molecular formula is C15H11ClN2O2S2. The van der Waals surface area contributed by atoms with Crippen LogP contribution in [0.2, 0.25) is 5.02 Å². The molecule has 3 aromatic rings. The van der Waals surface area contributed by atoms with Crippen molar-refractivity contribution in [2.45, 2.75) is 14.8 Å². The van der Waals surface area contributed by atoms with Gasteiger partial charge in [-0.3, -0.25) is 0 Å². The zero-order valence-electron chi connectivity index (χ0n) is 11.5. The van der Waals surface area contributed by atoms with Crippen LogP contribution in [0.5, 0.6) is 0 Å². The lowest BCUT2D eigenvalue weighted by Crippen LogP contribution is -1.97. The Morgan fingerprint density at radius 3 is 2.64 bits per heavy atom. The molecule has 0 aliphatic carbocycles. The van der Waals surface area contributed by atoms with E-state index in [1.807, 2.05) is 18.2 Å². The standard InChI is InChI=1S/C15H11ClN2O2S2/c1-22(19,20)12-5-6-14-13(8-12)15(18-9-17-14)21-11-4-2-3-10(16)7-11/h2-9H,1H3. The Kier molecular flexibility index (Phi) is 4.08. The van der Waals surface area contributed by atoms with Crippen LogP contribution >= 0.6 is 23.4 Å². The predicted molar refractivity (Wildman–Crippen MR) is 88.2 cm³/mol. The molecule has 0 radical (unpaired) electrons. The summed E-state index contributed by atoms with van der Waals surface area (Å²) in [5.74, 6) is 0. The van der Waals surface area contributed by atoms with E-state index < -0.39 is 9.84 Å². The van der Waals surface area contributed by atoms with Gasteiger partial charge in [-0.05, 0) is 36.4 Å². The molecule has 0 spiro atoms. The fraction of sp³-hybridized carbons (Fsp3) is 0.0667. The molecule has 0 aliphatic heterocycles. The van der Waals surface area contributed by atoms with Crippen molar-refractivity contribution in [1.29, 1.82) is 0 Å². The number of hydrogen-bond donors (Lipinski definition) is 0. The largest absolute Gasteiger partial charge is 0.236 e. The quantitative estimate of drug-likeness (QED) is 0.672. The van der Waals surface area contributed by atoms with Crippen LogP contribution in [-0.4, -0.2) is 24.6 Å². The first-order valence-electron chi connectivity index (χ1n) is 6.32. The molecule has 0 saturated heterocycles. The van der Waals surface area contributed by atoms with Crippen LogP contribution in [0.4, 0.5) is 0 Å². The Hall–Kier alpha value is -1.63. The summed E-state index contributed by atoms with van der Waals surface area (Å²) in [7, 11) is -3.28. The SMILES string of the molecule is CS(=O)(=O)c1ccc2ncnc(Sc3cccc(Cl)c3)c2c1. The number of fused-ring (bicyclic) bond motifs is 1. The Labute approximate surface area is 137 Å². The zero-order chi connectivity index (χ0) is 15.7. The van der Waals surface area contributed by atoms with Crippen LogP contribution in [0.3, 0.4) is 0 Å². The number of aromatic nitrogens is 2. The third kappa shape index (κ3) is 3.24. The number of sulfone groups is 1. The number of rotatable bonds is 3. The highest BCUT2D eigenvalue weighted by Gasteiger charge is 2.12. The third-order valence-corrected chi connectivity index (χ3v) is 5.36. The van der Waals surface area contributed by atoms with Gasteiger partial charge in [0.2, 0.25) is 0 Å². The molecule has 0 N–H and O–H groups in total. The topological polar surface area (TPSA) is 59.9 Å². The van der Waals surface area contributed by atoms with Crippen LogP contribution < -0.4 is 0 Å². The summed E-state index contributed by atoms with van der Waals surface area (Å²) in [4.78, 5) is 9.63. The molecule has 0 amide bonds.